The van der Waals surface area contributed by atoms with Gasteiger partial charge in [0, 0.05) is 27.6 Å². The van der Waals surface area contributed by atoms with Crippen LogP contribution >= 0.6 is 34.7 Å². The van der Waals surface area contributed by atoms with Gasteiger partial charge in [0.2, 0.25) is 0 Å². The van der Waals surface area contributed by atoms with Crippen molar-refractivity contribution in [2.24, 2.45) is 0 Å². The molecule has 3 heterocycles. The van der Waals surface area contributed by atoms with Gasteiger partial charge < -0.3 is 9.47 Å². The third-order valence-corrected chi connectivity index (χ3v) is 6.56. The molecule has 1 aliphatic heterocycles. The summed E-state index contributed by atoms with van der Waals surface area (Å²) in [5, 5.41) is 12.5. The molecule has 0 saturated heterocycles. The number of hydrogen-bond donors (Lipinski definition) is 0. The molecule has 146 valence electrons. The van der Waals surface area contributed by atoms with Crippen molar-refractivity contribution in [1.82, 2.24) is 14.8 Å². The van der Waals surface area contributed by atoms with Gasteiger partial charge in [0.1, 0.15) is 5.75 Å². The maximum atomic E-state index is 6.31. The van der Waals surface area contributed by atoms with Crippen molar-refractivity contribution in [1.29, 1.82) is 0 Å². The van der Waals surface area contributed by atoms with E-state index in [0.29, 0.717) is 17.4 Å². The highest BCUT2D eigenvalue weighted by Crippen LogP contribution is 2.37. The van der Waals surface area contributed by atoms with Crippen LogP contribution in [0.4, 0.5) is 0 Å². The van der Waals surface area contributed by atoms with E-state index in [4.69, 9.17) is 21.1 Å². The third-order valence-electron chi connectivity index (χ3n) is 4.50. The van der Waals surface area contributed by atoms with Gasteiger partial charge in [0.25, 0.3) is 0 Å². The van der Waals surface area contributed by atoms with Gasteiger partial charge in [0.15, 0.2) is 17.8 Å². The largest absolute Gasteiger partial charge is 0.467 e. The average molecular weight is 442 g/mol. The third kappa shape index (κ3) is 3.79. The van der Waals surface area contributed by atoms with E-state index in [1.807, 2.05) is 41.8 Å². The van der Waals surface area contributed by atoms with Gasteiger partial charge in [-0.05, 0) is 35.7 Å². The molecule has 0 unspecified atom stereocenters. The van der Waals surface area contributed by atoms with E-state index in [1.54, 1.807) is 23.1 Å². The predicted molar refractivity (Wildman–Crippen MR) is 116 cm³/mol. The highest BCUT2D eigenvalue weighted by atomic mass is 35.5. The normalized spacial score (nSPS) is 13.1. The summed E-state index contributed by atoms with van der Waals surface area (Å²) in [5.41, 5.74) is 3.03. The first kappa shape index (κ1) is 18.7. The Hall–Kier alpha value is -2.32. The molecule has 0 bridgehead atoms. The Morgan fingerprint density at radius 2 is 2.00 bits per heavy atom. The second-order valence-electron chi connectivity index (χ2n) is 6.41. The van der Waals surface area contributed by atoms with Gasteiger partial charge >= 0.3 is 0 Å². The molecule has 2 aromatic carbocycles. The van der Waals surface area contributed by atoms with E-state index < -0.39 is 0 Å². The fraction of sp³-hybridized carbons (Fsp3) is 0.143. The lowest BCUT2D eigenvalue weighted by molar-refractivity contribution is -0.0168. The van der Waals surface area contributed by atoms with Gasteiger partial charge in [0.05, 0.1) is 11.5 Å². The number of hydrogen-bond acceptors (Lipinski definition) is 6. The second kappa shape index (κ2) is 8.20. The lowest BCUT2D eigenvalue weighted by Crippen LogP contribution is -2.13. The number of halogens is 1. The number of thioether (sulfide) groups is 1. The molecule has 4 aromatic rings. The Bertz CT molecular complexity index is 1130. The summed E-state index contributed by atoms with van der Waals surface area (Å²) in [5.74, 6) is 2.36. The number of ether oxygens (including phenoxy) is 2. The Labute approximate surface area is 181 Å². The highest BCUT2D eigenvalue weighted by Gasteiger charge is 2.20. The molecule has 5 rings (SSSR count). The summed E-state index contributed by atoms with van der Waals surface area (Å²) in [6.45, 7) is 0.769. The molecule has 1 aliphatic rings. The van der Waals surface area contributed by atoms with Crippen LogP contribution in [0.15, 0.2) is 65.1 Å². The molecule has 0 atom stereocenters. The Balaban J connectivity index is 1.51. The van der Waals surface area contributed by atoms with E-state index in [0.717, 1.165) is 38.4 Å². The zero-order chi connectivity index (χ0) is 19.6. The molecular formula is C21H16ClN3O2S2. The maximum absolute atomic E-state index is 6.31. The molecule has 2 aromatic heterocycles. The maximum Gasteiger partial charge on any atom is 0.196 e. The average Bonchev–Trinajstić information content (AvgIpc) is 3.42. The molecule has 0 aliphatic carbocycles. The van der Waals surface area contributed by atoms with Crippen LogP contribution in [0, 0.1) is 0 Å². The minimum Gasteiger partial charge on any atom is -0.467 e. The zero-order valence-corrected chi connectivity index (χ0v) is 17.6. The van der Waals surface area contributed by atoms with Crippen LogP contribution in [-0.4, -0.2) is 21.6 Å². The van der Waals surface area contributed by atoms with Crippen molar-refractivity contribution in [3.05, 3.63) is 76.1 Å². The monoisotopic (exact) mass is 441 g/mol. The van der Waals surface area contributed by atoms with Gasteiger partial charge in [-0.25, -0.2) is 0 Å². The summed E-state index contributed by atoms with van der Waals surface area (Å²) in [4.78, 5) is 1.08. The van der Waals surface area contributed by atoms with Crippen molar-refractivity contribution in [2.75, 3.05) is 6.79 Å². The summed E-state index contributed by atoms with van der Waals surface area (Å²) in [6, 6.07) is 18.1. The first-order valence-electron chi connectivity index (χ1n) is 8.99. The van der Waals surface area contributed by atoms with E-state index in [2.05, 4.69) is 33.0 Å². The summed E-state index contributed by atoms with van der Waals surface area (Å²) >= 11 is 9.57. The quantitative estimate of drug-likeness (QED) is 0.366. The van der Waals surface area contributed by atoms with Crippen molar-refractivity contribution in [2.45, 2.75) is 17.5 Å². The molecule has 0 amide bonds. The first-order valence-corrected chi connectivity index (χ1v) is 11.2. The number of aromatic nitrogens is 3. The van der Waals surface area contributed by atoms with Crippen molar-refractivity contribution >= 4 is 34.7 Å². The van der Waals surface area contributed by atoms with Crippen LogP contribution in [0.3, 0.4) is 0 Å². The Kier molecular flexibility index (Phi) is 5.28. The molecule has 0 N–H and O–H groups in total. The van der Waals surface area contributed by atoms with Crippen LogP contribution < -0.4 is 4.74 Å². The van der Waals surface area contributed by atoms with Gasteiger partial charge in [-0.3, -0.25) is 4.57 Å². The predicted octanol–water partition coefficient (Wildman–Crippen LogP) is 5.81. The smallest absolute Gasteiger partial charge is 0.196 e. The van der Waals surface area contributed by atoms with E-state index in [1.165, 1.54) is 0 Å². The number of fused-ring (bicyclic) bond motifs is 1. The minimum atomic E-state index is 0.259. The molecule has 0 spiro atoms. The highest BCUT2D eigenvalue weighted by molar-refractivity contribution is 7.98. The minimum absolute atomic E-state index is 0.259. The molecule has 0 fully saturated rings. The van der Waals surface area contributed by atoms with Crippen LogP contribution in [0.25, 0.3) is 16.4 Å². The number of nitrogens with zero attached hydrogens (tertiary/aromatic N) is 3. The summed E-state index contributed by atoms with van der Waals surface area (Å²) in [6.07, 6.45) is 0. The van der Waals surface area contributed by atoms with Crippen LogP contribution in [-0.2, 0) is 17.1 Å². The lowest BCUT2D eigenvalue weighted by Gasteiger charge is -2.21. The second-order valence-corrected chi connectivity index (χ2v) is 8.73. The van der Waals surface area contributed by atoms with E-state index in [9.17, 15) is 0 Å². The lowest BCUT2D eigenvalue weighted by atomic mass is 10.1. The molecule has 5 nitrogen and oxygen atoms in total. The standard InChI is InChI=1S/C21H16ClN3O2S2/c22-16-9-14-11-26-13-27-19(14)15(10-16)12-29-21-24-23-20(18-7-4-8-28-18)25(21)17-5-2-1-3-6-17/h1-10H,11-13H2. The first-order chi connectivity index (χ1) is 14.3. The molecular weight excluding hydrogens is 426 g/mol. The SMILES string of the molecule is Clc1cc2c(c(CSc3nnc(-c4cccs4)n3-c3ccccc3)c1)OCOC2. The number of thiophene rings is 1. The van der Waals surface area contributed by atoms with Crippen LogP contribution in [0.5, 0.6) is 5.75 Å². The van der Waals surface area contributed by atoms with Crippen molar-refractivity contribution in [3.8, 4) is 22.1 Å². The topological polar surface area (TPSA) is 49.2 Å². The molecule has 0 saturated carbocycles. The number of benzene rings is 2. The molecule has 0 radical (unpaired) electrons. The Morgan fingerprint density at radius 3 is 2.83 bits per heavy atom. The van der Waals surface area contributed by atoms with Gasteiger partial charge in [-0.15, -0.1) is 21.5 Å². The summed E-state index contributed by atoms with van der Waals surface area (Å²) < 4.78 is 13.2. The summed E-state index contributed by atoms with van der Waals surface area (Å²) in [7, 11) is 0. The van der Waals surface area contributed by atoms with Crippen molar-refractivity contribution in [3.63, 3.8) is 0 Å². The van der Waals surface area contributed by atoms with Crippen LogP contribution in [0.2, 0.25) is 5.02 Å². The van der Waals surface area contributed by atoms with Gasteiger partial charge in [-0.1, -0.05) is 47.6 Å². The number of para-hydroxylation sites is 1. The molecule has 29 heavy (non-hydrogen) atoms. The Morgan fingerprint density at radius 1 is 1.10 bits per heavy atom. The van der Waals surface area contributed by atoms with Gasteiger partial charge in [-0.2, -0.15) is 0 Å². The zero-order valence-electron chi connectivity index (χ0n) is 15.2. The van der Waals surface area contributed by atoms with Crippen molar-refractivity contribution < 1.29 is 9.47 Å². The van der Waals surface area contributed by atoms with E-state index >= 15 is 0 Å². The van der Waals surface area contributed by atoms with E-state index in [-0.39, 0.29) is 6.79 Å². The number of rotatable bonds is 5. The fourth-order valence-corrected chi connectivity index (χ4v) is 5.13. The molecule has 8 heteroatoms. The fourth-order valence-electron chi connectivity index (χ4n) is 3.24. The van der Waals surface area contributed by atoms with Crippen LogP contribution in [0.1, 0.15) is 11.1 Å².